The van der Waals surface area contributed by atoms with Gasteiger partial charge >= 0.3 is 21.1 Å². The van der Waals surface area contributed by atoms with Gasteiger partial charge in [0.2, 0.25) is 0 Å². The Hall–Kier alpha value is -2.01. The zero-order valence-electron chi connectivity index (χ0n) is 13.4. The number of piperazine rings is 1. The number of fused-ring (bicyclic) bond motifs is 5. The maximum atomic E-state index is 4.44. The number of hydrogen-bond acceptors (Lipinski definition) is 4. The molecule has 1 aliphatic rings. The number of nitrogens with zero attached hydrogens (tertiary/aromatic N) is 6. The van der Waals surface area contributed by atoms with Crippen LogP contribution in [0.25, 0.3) is 43.5 Å². The van der Waals surface area contributed by atoms with E-state index >= 15 is 0 Å². The van der Waals surface area contributed by atoms with E-state index in [0.29, 0.717) is 5.65 Å². The summed E-state index contributed by atoms with van der Waals surface area (Å²) < 4.78 is 0. The molecule has 0 atom stereocenters. The molecule has 0 bridgehead atoms. The van der Waals surface area contributed by atoms with Gasteiger partial charge < -0.3 is 10.6 Å². The molecule has 4 aromatic heterocycles. The third-order valence-electron chi connectivity index (χ3n) is 3.86. The third kappa shape index (κ3) is 3.81. The fourth-order valence-electron chi connectivity index (χ4n) is 2.72. The van der Waals surface area contributed by atoms with Crippen LogP contribution in [0.3, 0.4) is 0 Å². The van der Waals surface area contributed by atoms with Crippen LogP contribution in [-0.2, 0) is 21.1 Å². The van der Waals surface area contributed by atoms with Crippen molar-refractivity contribution in [1.82, 2.24) is 19.9 Å². The Kier molecular flexibility index (Phi) is 5.97. The summed E-state index contributed by atoms with van der Waals surface area (Å²) in [5.41, 5.74) is 2.49. The van der Waals surface area contributed by atoms with Crippen LogP contribution in [-0.4, -0.2) is 46.1 Å². The van der Waals surface area contributed by atoms with Crippen LogP contribution in [0.15, 0.2) is 49.1 Å². The van der Waals surface area contributed by atoms with E-state index in [1.807, 2.05) is 24.3 Å². The van der Waals surface area contributed by atoms with Crippen LogP contribution in [0.1, 0.15) is 0 Å². The minimum Gasteiger partial charge on any atom is -0.665 e. The monoisotopic (exact) mass is 511 g/mol. The van der Waals surface area contributed by atoms with Gasteiger partial charge in [0.1, 0.15) is 0 Å². The van der Waals surface area contributed by atoms with Gasteiger partial charge in [-0.2, -0.15) is 26.2 Å². The SMILES string of the molecule is C1C[N-]CC[N-]1.[Pt+2].c1cnc2c(c1)cnc1ncc3cccnc3c12. The first-order valence-electron chi connectivity index (χ1n) is 7.93. The van der Waals surface area contributed by atoms with Crippen LogP contribution in [0, 0.1) is 0 Å². The quantitative estimate of drug-likeness (QED) is 0.339. The van der Waals surface area contributed by atoms with Crippen LogP contribution >= 0.6 is 0 Å². The Morgan fingerprint density at radius 2 is 1.16 bits per heavy atom. The molecule has 7 heteroatoms. The normalized spacial score (nSPS) is 13.9. The second-order valence-corrected chi connectivity index (χ2v) is 5.44. The van der Waals surface area contributed by atoms with E-state index in [0.717, 1.165) is 53.4 Å². The molecule has 1 saturated heterocycles. The van der Waals surface area contributed by atoms with Crippen molar-refractivity contribution in [3.05, 3.63) is 59.7 Å². The summed E-state index contributed by atoms with van der Waals surface area (Å²) >= 11 is 0. The Bertz CT molecular complexity index is 905. The van der Waals surface area contributed by atoms with Crippen molar-refractivity contribution in [2.24, 2.45) is 0 Å². The Labute approximate surface area is 159 Å². The minimum atomic E-state index is 0. The van der Waals surface area contributed by atoms with Crippen LogP contribution in [0.5, 0.6) is 0 Å². The van der Waals surface area contributed by atoms with Crippen LogP contribution < -0.4 is 0 Å². The predicted molar refractivity (Wildman–Crippen MR) is 96.3 cm³/mol. The van der Waals surface area contributed by atoms with E-state index < -0.39 is 0 Å². The van der Waals surface area contributed by atoms with Crippen molar-refractivity contribution in [1.29, 1.82) is 0 Å². The van der Waals surface area contributed by atoms with Gasteiger partial charge in [-0.1, -0.05) is 0 Å². The topological polar surface area (TPSA) is 79.8 Å². The van der Waals surface area contributed by atoms with Gasteiger partial charge in [0, 0.05) is 35.6 Å². The smallest absolute Gasteiger partial charge is 0.665 e. The van der Waals surface area contributed by atoms with Gasteiger partial charge in [0.25, 0.3) is 0 Å². The third-order valence-corrected chi connectivity index (χ3v) is 3.86. The molecule has 5 heterocycles. The zero-order chi connectivity index (χ0) is 16.2. The van der Waals surface area contributed by atoms with E-state index in [1.165, 1.54) is 0 Å². The minimum absolute atomic E-state index is 0. The van der Waals surface area contributed by atoms with E-state index in [2.05, 4.69) is 30.6 Å². The first-order chi connectivity index (χ1) is 11.9. The maximum absolute atomic E-state index is 4.44. The molecule has 1 fully saturated rings. The summed E-state index contributed by atoms with van der Waals surface area (Å²) in [6.07, 6.45) is 7.16. The van der Waals surface area contributed by atoms with Gasteiger partial charge in [-0.05, 0) is 24.3 Å². The Morgan fingerprint density at radius 1 is 0.680 bits per heavy atom. The molecule has 1 aliphatic heterocycles. The van der Waals surface area contributed by atoms with Crippen molar-refractivity contribution in [3.8, 4) is 0 Å². The average molecular weight is 511 g/mol. The van der Waals surface area contributed by atoms with Crippen molar-refractivity contribution < 1.29 is 21.1 Å². The first kappa shape index (κ1) is 17.8. The molecule has 5 rings (SSSR count). The van der Waals surface area contributed by atoms with Gasteiger partial charge in [-0.15, -0.1) is 0 Å². The molecule has 4 aromatic rings. The second-order valence-electron chi connectivity index (χ2n) is 5.44. The Morgan fingerprint density at radius 3 is 1.60 bits per heavy atom. The summed E-state index contributed by atoms with van der Waals surface area (Å²) in [4.78, 5) is 17.6. The molecule has 0 saturated carbocycles. The van der Waals surface area contributed by atoms with Crippen molar-refractivity contribution in [3.63, 3.8) is 0 Å². The number of pyridine rings is 4. The van der Waals surface area contributed by atoms with Crippen molar-refractivity contribution in [2.75, 3.05) is 26.2 Å². The van der Waals surface area contributed by atoms with Crippen LogP contribution in [0.4, 0.5) is 0 Å². The van der Waals surface area contributed by atoms with E-state index in [9.17, 15) is 0 Å². The summed E-state index contributed by atoms with van der Waals surface area (Å²) in [5.74, 6) is 0. The number of hydrogen-bond donors (Lipinski definition) is 0. The molecule has 0 N–H and O–H groups in total. The number of aromatic nitrogens is 4. The fourth-order valence-corrected chi connectivity index (χ4v) is 2.72. The van der Waals surface area contributed by atoms with Gasteiger partial charge in [-0.25, -0.2) is 9.97 Å². The van der Waals surface area contributed by atoms with E-state index in [1.54, 1.807) is 24.8 Å². The second kappa shape index (κ2) is 8.38. The van der Waals surface area contributed by atoms with E-state index in [4.69, 9.17) is 0 Å². The molecule has 0 radical (unpaired) electrons. The fraction of sp³-hybridized carbons (Fsp3) is 0.222. The zero-order valence-corrected chi connectivity index (χ0v) is 15.7. The van der Waals surface area contributed by atoms with Crippen molar-refractivity contribution in [2.45, 2.75) is 0 Å². The van der Waals surface area contributed by atoms with Gasteiger partial charge in [-0.3, -0.25) is 9.97 Å². The maximum Gasteiger partial charge on any atom is 2.00 e. The summed E-state index contributed by atoms with van der Waals surface area (Å²) in [6, 6.07) is 7.80. The summed E-state index contributed by atoms with van der Waals surface area (Å²) in [6.45, 7) is 3.83. The molecule has 6 nitrogen and oxygen atoms in total. The molecule has 0 aliphatic carbocycles. The van der Waals surface area contributed by atoms with Gasteiger partial charge in [0.15, 0.2) is 5.65 Å². The largest absolute Gasteiger partial charge is 2.00 e. The Balaban J connectivity index is 0.000000224. The summed E-state index contributed by atoms with van der Waals surface area (Å²) in [5, 5.41) is 11.1. The molecule has 25 heavy (non-hydrogen) atoms. The molecule has 0 spiro atoms. The standard InChI is InChI=1S/C14H8N4.C4H8N2.Pt/c1-3-9-7-17-14-11(12(9)15-5-1)13-10(8-18-14)4-2-6-16-13;1-2-6-4-3-5-1;/h1-8H;1-4H2;/q;-2;+2. The molecular formula is C18H16N6Pt. The van der Waals surface area contributed by atoms with Gasteiger partial charge in [0.05, 0.1) is 16.4 Å². The molecule has 0 aromatic carbocycles. The van der Waals surface area contributed by atoms with E-state index in [-0.39, 0.29) is 21.1 Å². The average Bonchev–Trinajstić information content (AvgIpc) is 2.69. The molecular weight excluding hydrogens is 495 g/mol. The molecule has 128 valence electrons. The predicted octanol–water partition coefficient (Wildman–Crippen LogP) is 3.47. The molecule has 0 unspecified atom stereocenters. The van der Waals surface area contributed by atoms with Crippen LogP contribution in [0.2, 0.25) is 0 Å². The van der Waals surface area contributed by atoms with Crippen molar-refractivity contribution >= 4 is 32.8 Å². The number of rotatable bonds is 0. The summed E-state index contributed by atoms with van der Waals surface area (Å²) in [7, 11) is 0. The molecule has 0 amide bonds. The first-order valence-corrected chi connectivity index (χ1v) is 7.93.